The third-order valence-electron chi connectivity index (χ3n) is 3.89. The van der Waals surface area contributed by atoms with Crippen molar-refractivity contribution in [3.8, 4) is 0 Å². The van der Waals surface area contributed by atoms with Crippen molar-refractivity contribution in [1.29, 1.82) is 0 Å². The highest BCUT2D eigenvalue weighted by atomic mass is 32.2. The Morgan fingerprint density at radius 3 is 2.95 bits per heavy atom. The molecule has 2 heterocycles. The molecule has 0 aliphatic carbocycles. The van der Waals surface area contributed by atoms with E-state index in [9.17, 15) is 8.42 Å². The normalized spacial score (nSPS) is 21.2. The largest absolute Gasteiger partial charge is 0.363 e. The Bertz CT molecular complexity index is 522. The van der Waals surface area contributed by atoms with Gasteiger partial charge < -0.3 is 10.3 Å². The minimum Gasteiger partial charge on any atom is -0.363 e. The standard InChI is InChI=1S/C14H25N3O2S/c1-3-6-13-7-4-5-8-17(13)20(18,19)14-9-12(10-15-2)16-11-14/h9,11,13,15-16H,3-8,10H2,1-2H3. The maximum absolute atomic E-state index is 12.8. The molecule has 1 aromatic rings. The van der Waals surface area contributed by atoms with Crippen molar-refractivity contribution in [3.63, 3.8) is 0 Å². The van der Waals surface area contributed by atoms with Gasteiger partial charge in [-0.2, -0.15) is 4.31 Å². The van der Waals surface area contributed by atoms with Crippen LogP contribution < -0.4 is 5.32 Å². The molecule has 0 amide bonds. The molecular weight excluding hydrogens is 274 g/mol. The molecule has 0 spiro atoms. The Labute approximate surface area is 121 Å². The van der Waals surface area contributed by atoms with E-state index in [0.717, 1.165) is 37.8 Å². The van der Waals surface area contributed by atoms with Crippen molar-refractivity contribution in [2.24, 2.45) is 0 Å². The van der Waals surface area contributed by atoms with Crippen LogP contribution in [0.1, 0.15) is 44.7 Å². The van der Waals surface area contributed by atoms with E-state index in [1.807, 2.05) is 7.05 Å². The lowest BCUT2D eigenvalue weighted by Crippen LogP contribution is -2.43. The molecule has 1 atom stereocenters. The second-order valence-electron chi connectivity index (χ2n) is 5.44. The second-order valence-corrected chi connectivity index (χ2v) is 7.34. The number of hydrogen-bond donors (Lipinski definition) is 2. The fourth-order valence-electron chi connectivity index (χ4n) is 2.91. The number of sulfonamides is 1. The third kappa shape index (κ3) is 3.24. The van der Waals surface area contributed by atoms with Gasteiger partial charge in [-0.15, -0.1) is 0 Å². The summed E-state index contributed by atoms with van der Waals surface area (Å²) < 4.78 is 27.3. The summed E-state index contributed by atoms with van der Waals surface area (Å²) in [5.74, 6) is 0. The van der Waals surface area contributed by atoms with Crippen LogP contribution in [-0.4, -0.2) is 37.3 Å². The number of nitrogens with one attached hydrogen (secondary N) is 2. The van der Waals surface area contributed by atoms with Gasteiger partial charge >= 0.3 is 0 Å². The van der Waals surface area contributed by atoms with Crippen molar-refractivity contribution >= 4 is 10.0 Å². The average Bonchev–Trinajstić information content (AvgIpc) is 2.89. The van der Waals surface area contributed by atoms with Crippen LogP contribution in [0.15, 0.2) is 17.2 Å². The van der Waals surface area contributed by atoms with Gasteiger partial charge in [0.1, 0.15) is 0 Å². The summed E-state index contributed by atoms with van der Waals surface area (Å²) in [4.78, 5) is 3.42. The molecule has 2 N–H and O–H groups in total. The van der Waals surface area contributed by atoms with Crippen molar-refractivity contribution < 1.29 is 8.42 Å². The molecule has 0 saturated carbocycles. The number of H-pyrrole nitrogens is 1. The van der Waals surface area contributed by atoms with Gasteiger partial charge in [0, 0.05) is 31.0 Å². The minimum absolute atomic E-state index is 0.168. The van der Waals surface area contributed by atoms with Crippen LogP contribution in [0.25, 0.3) is 0 Å². The topological polar surface area (TPSA) is 65.2 Å². The molecule has 0 bridgehead atoms. The number of piperidine rings is 1. The summed E-state index contributed by atoms with van der Waals surface area (Å²) >= 11 is 0. The molecule has 20 heavy (non-hydrogen) atoms. The quantitative estimate of drug-likeness (QED) is 0.845. The molecule has 5 nitrogen and oxygen atoms in total. The van der Waals surface area contributed by atoms with Crippen LogP contribution >= 0.6 is 0 Å². The minimum atomic E-state index is -3.36. The van der Waals surface area contributed by atoms with Crippen LogP contribution in [0.5, 0.6) is 0 Å². The Morgan fingerprint density at radius 1 is 1.45 bits per heavy atom. The molecule has 1 unspecified atom stereocenters. The fraction of sp³-hybridized carbons (Fsp3) is 0.714. The van der Waals surface area contributed by atoms with Gasteiger partial charge in [0.05, 0.1) is 4.90 Å². The predicted molar refractivity (Wildman–Crippen MR) is 80.0 cm³/mol. The summed E-state index contributed by atoms with van der Waals surface area (Å²) in [6.07, 6.45) is 6.67. The smallest absolute Gasteiger partial charge is 0.244 e. The van der Waals surface area contributed by atoms with E-state index in [-0.39, 0.29) is 6.04 Å². The Morgan fingerprint density at radius 2 is 2.25 bits per heavy atom. The summed E-state index contributed by atoms with van der Waals surface area (Å²) in [7, 11) is -1.51. The zero-order chi connectivity index (χ0) is 14.6. The molecule has 6 heteroatoms. The van der Waals surface area contributed by atoms with Crippen LogP contribution in [0, 0.1) is 0 Å². The van der Waals surface area contributed by atoms with Crippen molar-refractivity contribution in [2.45, 2.75) is 56.5 Å². The molecule has 1 saturated heterocycles. The molecule has 2 rings (SSSR count). The molecule has 0 radical (unpaired) electrons. The van der Waals surface area contributed by atoms with E-state index in [0.29, 0.717) is 18.0 Å². The highest BCUT2D eigenvalue weighted by molar-refractivity contribution is 7.89. The first kappa shape index (κ1) is 15.5. The summed E-state index contributed by atoms with van der Waals surface area (Å²) in [5, 5.41) is 3.02. The molecular formula is C14H25N3O2S. The lowest BCUT2D eigenvalue weighted by Gasteiger charge is -2.34. The molecule has 1 aromatic heterocycles. The molecule has 114 valence electrons. The van der Waals surface area contributed by atoms with E-state index >= 15 is 0 Å². The van der Waals surface area contributed by atoms with E-state index in [1.54, 1.807) is 16.6 Å². The zero-order valence-corrected chi connectivity index (χ0v) is 13.2. The van der Waals surface area contributed by atoms with Gasteiger partial charge in [-0.1, -0.05) is 19.8 Å². The van der Waals surface area contributed by atoms with Crippen LogP contribution in [0.4, 0.5) is 0 Å². The van der Waals surface area contributed by atoms with Gasteiger partial charge in [0.15, 0.2) is 0 Å². The highest BCUT2D eigenvalue weighted by Gasteiger charge is 2.33. The lowest BCUT2D eigenvalue weighted by molar-refractivity contribution is 0.239. The molecule has 1 aliphatic heterocycles. The second kappa shape index (κ2) is 6.74. The van der Waals surface area contributed by atoms with E-state index < -0.39 is 10.0 Å². The highest BCUT2D eigenvalue weighted by Crippen LogP contribution is 2.28. The monoisotopic (exact) mass is 299 g/mol. The van der Waals surface area contributed by atoms with Gasteiger partial charge in [0.2, 0.25) is 10.0 Å². The molecule has 1 fully saturated rings. The van der Waals surface area contributed by atoms with Gasteiger partial charge in [0.25, 0.3) is 0 Å². The average molecular weight is 299 g/mol. The molecule has 0 aromatic carbocycles. The fourth-order valence-corrected chi connectivity index (χ4v) is 4.65. The zero-order valence-electron chi connectivity index (χ0n) is 12.4. The van der Waals surface area contributed by atoms with Crippen molar-refractivity contribution in [1.82, 2.24) is 14.6 Å². The number of rotatable bonds is 6. The van der Waals surface area contributed by atoms with Gasteiger partial charge in [-0.25, -0.2) is 8.42 Å². The maximum atomic E-state index is 12.8. The third-order valence-corrected chi connectivity index (χ3v) is 5.81. The number of hydrogen-bond acceptors (Lipinski definition) is 3. The first-order valence-corrected chi connectivity index (χ1v) is 8.87. The first-order chi connectivity index (χ1) is 9.59. The SMILES string of the molecule is CCCC1CCCCN1S(=O)(=O)c1c[nH]c(CNC)c1. The first-order valence-electron chi connectivity index (χ1n) is 7.43. The summed E-state index contributed by atoms with van der Waals surface area (Å²) in [6.45, 7) is 3.41. The Hall–Kier alpha value is -0.850. The van der Waals surface area contributed by atoms with Gasteiger partial charge in [-0.3, -0.25) is 0 Å². The number of aromatic amines is 1. The van der Waals surface area contributed by atoms with E-state index in [4.69, 9.17) is 0 Å². The van der Waals surface area contributed by atoms with Gasteiger partial charge in [-0.05, 0) is 32.4 Å². The number of aromatic nitrogens is 1. The maximum Gasteiger partial charge on any atom is 0.244 e. The summed E-state index contributed by atoms with van der Waals surface area (Å²) in [6, 6.07) is 1.91. The van der Waals surface area contributed by atoms with Crippen LogP contribution in [0.3, 0.4) is 0 Å². The predicted octanol–water partition coefficient (Wildman–Crippen LogP) is 2.08. The van der Waals surface area contributed by atoms with E-state index in [2.05, 4.69) is 17.2 Å². The molecule has 1 aliphatic rings. The van der Waals surface area contributed by atoms with Crippen LogP contribution in [0.2, 0.25) is 0 Å². The van der Waals surface area contributed by atoms with Crippen molar-refractivity contribution in [2.75, 3.05) is 13.6 Å². The lowest BCUT2D eigenvalue weighted by atomic mass is 10.0. The van der Waals surface area contributed by atoms with Crippen LogP contribution in [-0.2, 0) is 16.6 Å². The number of nitrogens with zero attached hydrogens (tertiary/aromatic N) is 1. The summed E-state index contributed by atoms with van der Waals surface area (Å²) in [5.41, 5.74) is 0.898. The Kier molecular flexibility index (Phi) is 5.23. The van der Waals surface area contributed by atoms with E-state index in [1.165, 1.54) is 0 Å². The van der Waals surface area contributed by atoms with Crippen molar-refractivity contribution in [3.05, 3.63) is 18.0 Å². The Balaban J connectivity index is 2.22.